The summed E-state index contributed by atoms with van der Waals surface area (Å²) < 4.78 is 5.24. The lowest BCUT2D eigenvalue weighted by atomic mass is 10.1. The summed E-state index contributed by atoms with van der Waals surface area (Å²) in [5.74, 6) is 0.808. The number of methoxy groups -OCH3 is 1. The fourth-order valence-corrected chi connectivity index (χ4v) is 1.79. The molecule has 0 saturated heterocycles. The third kappa shape index (κ3) is 0.584. The van der Waals surface area contributed by atoms with Gasteiger partial charge in [0, 0.05) is 7.11 Å². The van der Waals surface area contributed by atoms with Crippen LogP contribution >= 0.6 is 0 Å². The molecule has 3 atom stereocenters. The molecule has 2 rings (SSSR count). The van der Waals surface area contributed by atoms with Crippen molar-refractivity contribution in [2.75, 3.05) is 7.11 Å². The minimum absolute atomic E-state index is 0.426. The topological polar surface area (TPSA) is 9.23 Å². The molecule has 0 radical (unpaired) electrons. The molecule has 1 heteroatoms. The van der Waals surface area contributed by atoms with Crippen LogP contribution in [0.15, 0.2) is 12.2 Å². The first-order valence-electron chi connectivity index (χ1n) is 3.48. The van der Waals surface area contributed by atoms with Gasteiger partial charge in [-0.15, -0.1) is 0 Å². The van der Waals surface area contributed by atoms with Gasteiger partial charge < -0.3 is 4.74 Å². The first-order valence-corrected chi connectivity index (χ1v) is 3.48. The SMILES string of the molecule is CO[C@@H]1C=CC2(C)C[C@@H]12. The summed E-state index contributed by atoms with van der Waals surface area (Å²) >= 11 is 0. The van der Waals surface area contributed by atoms with E-state index in [1.807, 2.05) is 0 Å². The van der Waals surface area contributed by atoms with Gasteiger partial charge in [-0.1, -0.05) is 19.1 Å². The Bertz CT molecular complexity index is 162. The normalized spacial score (nSPS) is 53.6. The minimum Gasteiger partial charge on any atom is -0.377 e. The van der Waals surface area contributed by atoms with E-state index in [4.69, 9.17) is 4.74 Å². The average molecular weight is 124 g/mol. The second kappa shape index (κ2) is 1.40. The standard InChI is InChI=1S/C8H12O/c1-8-4-3-7(9-2)6(8)5-8/h3-4,6-7H,5H2,1-2H3/t6-,7+,8?/m0/s1. The molecule has 0 spiro atoms. The van der Waals surface area contributed by atoms with Crippen LogP contribution in [0.3, 0.4) is 0 Å². The Balaban J connectivity index is 2.13. The predicted molar refractivity (Wildman–Crippen MR) is 36.2 cm³/mol. The Labute approximate surface area is 55.7 Å². The van der Waals surface area contributed by atoms with E-state index < -0.39 is 0 Å². The Kier molecular flexibility index (Phi) is 0.854. The first kappa shape index (κ1) is 5.48. The van der Waals surface area contributed by atoms with Crippen molar-refractivity contribution in [3.8, 4) is 0 Å². The maximum absolute atomic E-state index is 5.24. The molecule has 0 aliphatic heterocycles. The van der Waals surface area contributed by atoms with E-state index in [9.17, 15) is 0 Å². The van der Waals surface area contributed by atoms with Crippen LogP contribution in [-0.2, 0) is 4.74 Å². The van der Waals surface area contributed by atoms with Crippen molar-refractivity contribution >= 4 is 0 Å². The molecule has 0 heterocycles. The summed E-state index contributed by atoms with van der Waals surface area (Å²) in [6.45, 7) is 2.30. The summed E-state index contributed by atoms with van der Waals surface area (Å²) in [6, 6.07) is 0. The number of hydrogen-bond acceptors (Lipinski definition) is 1. The molecule has 0 aromatic rings. The molecule has 1 nitrogen and oxygen atoms in total. The van der Waals surface area contributed by atoms with Crippen molar-refractivity contribution in [1.29, 1.82) is 0 Å². The largest absolute Gasteiger partial charge is 0.377 e. The molecule has 0 aromatic heterocycles. The lowest BCUT2D eigenvalue weighted by Crippen LogP contribution is -2.07. The smallest absolute Gasteiger partial charge is 0.0788 e. The van der Waals surface area contributed by atoms with E-state index >= 15 is 0 Å². The molecule has 9 heavy (non-hydrogen) atoms. The van der Waals surface area contributed by atoms with Crippen LogP contribution in [0, 0.1) is 11.3 Å². The Morgan fingerprint density at radius 1 is 1.67 bits per heavy atom. The third-order valence-electron chi connectivity index (χ3n) is 2.68. The van der Waals surface area contributed by atoms with Crippen molar-refractivity contribution in [3.63, 3.8) is 0 Å². The van der Waals surface area contributed by atoms with Gasteiger partial charge in [-0.25, -0.2) is 0 Å². The number of fused-ring (bicyclic) bond motifs is 1. The third-order valence-corrected chi connectivity index (χ3v) is 2.68. The van der Waals surface area contributed by atoms with Gasteiger partial charge in [0.15, 0.2) is 0 Å². The molecule has 0 N–H and O–H groups in total. The van der Waals surface area contributed by atoms with Crippen molar-refractivity contribution in [2.24, 2.45) is 11.3 Å². The molecule has 1 unspecified atom stereocenters. The monoisotopic (exact) mass is 124 g/mol. The van der Waals surface area contributed by atoms with Crippen LogP contribution in [0.4, 0.5) is 0 Å². The fourth-order valence-electron chi connectivity index (χ4n) is 1.79. The highest BCUT2D eigenvalue weighted by Crippen LogP contribution is 2.59. The van der Waals surface area contributed by atoms with E-state index in [1.165, 1.54) is 6.42 Å². The Morgan fingerprint density at radius 2 is 2.44 bits per heavy atom. The Hall–Kier alpha value is -0.300. The second-order valence-electron chi connectivity index (χ2n) is 3.38. The van der Waals surface area contributed by atoms with Gasteiger partial charge in [0.05, 0.1) is 6.10 Å². The molecule has 0 aromatic carbocycles. The number of rotatable bonds is 1. The van der Waals surface area contributed by atoms with Crippen LogP contribution in [0.25, 0.3) is 0 Å². The van der Waals surface area contributed by atoms with Crippen molar-refractivity contribution in [1.82, 2.24) is 0 Å². The van der Waals surface area contributed by atoms with Crippen LogP contribution in [0.2, 0.25) is 0 Å². The van der Waals surface area contributed by atoms with E-state index in [1.54, 1.807) is 7.11 Å². The highest BCUT2D eigenvalue weighted by Gasteiger charge is 2.55. The summed E-state index contributed by atoms with van der Waals surface area (Å²) in [7, 11) is 1.79. The van der Waals surface area contributed by atoms with Crippen molar-refractivity contribution in [3.05, 3.63) is 12.2 Å². The molecule has 1 saturated carbocycles. The van der Waals surface area contributed by atoms with E-state index in [-0.39, 0.29) is 0 Å². The molecule has 0 bridgehead atoms. The lowest BCUT2D eigenvalue weighted by molar-refractivity contribution is 0.122. The summed E-state index contributed by atoms with van der Waals surface area (Å²) in [4.78, 5) is 0. The summed E-state index contributed by atoms with van der Waals surface area (Å²) in [5, 5.41) is 0. The molecule has 50 valence electrons. The zero-order valence-electron chi connectivity index (χ0n) is 5.92. The van der Waals surface area contributed by atoms with Gasteiger partial charge in [-0.05, 0) is 17.8 Å². The summed E-state index contributed by atoms with van der Waals surface area (Å²) in [5.41, 5.74) is 0.528. The number of allylic oxidation sites excluding steroid dienone is 1. The van der Waals surface area contributed by atoms with Gasteiger partial charge in [-0.3, -0.25) is 0 Å². The van der Waals surface area contributed by atoms with Gasteiger partial charge in [0.2, 0.25) is 0 Å². The molecule has 1 fully saturated rings. The molecule has 2 aliphatic rings. The van der Waals surface area contributed by atoms with Crippen LogP contribution in [0.5, 0.6) is 0 Å². The summed E-state index contributed by atoms with van der Waals surface area (Å²) in [6.07, 6.45) is 6.25. The number of hydrogen-bond donors (Lipinski definition) is 0. The average Bonchev–Trinajstić information content (AvgIpc) is 2.39. The van der Waals surface area contributed by atoms with Gasteiger partial charge in [0.1, 0.15) is 0 Å². The van der Waals surface area contributed by atoms with Crippen molar-refractivity contribution < 1.29 is 4.74 Å². The Morgan fingerprint density at radius 3 is 2.67 bits per heavy atom. The van der Waals surface area contributed by atoms with Gasteiger partial charge in [0.25, 0.3) is 0 Å². The first-order chi connectivity index (χ1) is 4.26. The zero-order valence-corrected chi connectivity index (χ0v) is 5.92. The van der Waals surface area contributed by atoms with Crippen molar-refractivity contribution in [2.45, 2.75) is 19.4 Å². The van der Waals surface area contributed by atoms with Crippen LogP contribution in [0.1, 0.15) is 13.3 Å². The van der Waals surface area contributed by atoms with E-state index in [0.717, 1.165) is 5.92 Å². The lowest BCUT2D eigenvalue weighted by Gasteiger charge is -2.04. The highest BCUT2D eigenvalue weighted by atomic mass is 16.5. The minimum atomic E-state index is 0.426. The highest BCUT2D eigenvalue weighted by molar-refractivity contribution is 5.25. The maximum Gasteiger partial charge on any atom is 0.0788 e. The zero-order chi connectivity index (χ0) is 6.48. The van der Waals surface area contributed by atoms with E-state index in [2.05, 4.69) is 19.1 Å². The molecule has 0 amide bonds. The fraction of sp³-hybridized carbons (Fsp3) is 0.750. The molecular weight excluding hydrogens is 112 g/mol. The van der Waals surface area contributed by atoms with E-state index in [0.29, 0.717) is 11.5 Å². The van der Waals surface area contributed by atoms with Crippen LogP contribution in [-0.4, -0.2) is 13.2 Å². The van der Waals surface area contributed by atoms with Gasteiger partial charge >= 0.3 is 0 Å². The molecule has 2 aliphatic carbocycles. The van der Waals surface area contributed by atoms with Gasteiger partial charge in [-0.2, -0.15) is 0 Å². The maximum atomic E-state index is 5.24. The number of ether oxygens (including phenoxy) is 1. The second-order valence-corrected chi connectivity index (χ2v) is 3.38. The predicted octanol–water partition coefficient (Wildman–Crippen LogP) is 1.60. The molecular formula is C8H12O. The van der Waals surface area contributed by atoms with Crippen LogP contribution < -0.4 is 0 Å². The quantitative estimate of drug-likeness (QED) is 0.482.